The third-order valence-electron chi connectivity index (χ3n) is 4.74. The molecule has 1 aliphatic rings. The lowest BCUT2D eigenvalue weighted by Crippen LogP contribution is -2.27. The van der Waals surface area contributed by atoms with Crippen molar-refractivity contribution in [3.05, 3.63) is 54.4 Å². The van der Waals surface area contributed by atoms with Crippen LogP contribution in [0.4, 0.5) is 0 Å². The third-order valence-corrected chi connectivity index (χ3v) is 4.74. The predicted molar refractivity (Wildman–Crippen MR) is 96.1 cm³/mol. The highest BCUT2D eigenvalue weighted by Crippen LogP contribution is 2.18. The van der Waals surface area contributed by atoms with Crippen molar-refractivity contribution in [1.29, 1.82) is 0 Å². The number of rotatable bonds is 3. The smallest absolute Gasteiger partial charge is 0.182 e. The molecule has 4 aromatic heterocycles. The quantitative estimate of drug-likeness (QED) is 0.607. The minimum Gasteiger partial charge on any atom is -0.295 e. The highest BCUT2D eigenvalue weighted by atomic mass is 15.4. The van der Waals surface area contributed by atoms with Crippen molar-refractivity contribution in [2.45, 2.75) is 19.5 Å². The predicted octanol–water partition coefficient (Wildman–Crippen LogP) is 1.67. The van der Waals surface area contributed by atoms with Crippen LogP contribution in [0.2, 0.25) is 0 Å². The van der Waals surface area contributed by atoms with E-state index in [0.717, 1.165) is 66.5 Å². The average molecular weight is 346 g/mol. The Morgan fingerprint density at radius 3 is 2.96 bits per heavy atom. The molecule has 0 fully saturated rings. The van der Waals surface area contributed by atoms with Crippen LogP contribution in [-0.2, 0) is 19.5 Å². The number of aromatic nitrogens is 7. The molecule has 0 radical (unpaired) electrons. The van der Waals surface area contributed by atoms with Gasteiger partial charge in [0, 0.05) is 55.6 Å². The lowest BCUT2D eigenvalue weighted by molar-refractivity contribution is 0.266. The molecule has 1 aliphatic heterocycles. The molecular weight excluding hydrogens is 328 g/mol. The zero-order valence-electron chi connectivity index (χ0n) is 14.2. The molecule has 5 heterocycles. The van der Waals surface area contributed by atoms with Gasteiger partial charge in [-0.3, -0.25) is 15.0 Å². The van der Waals surface area contributed by atoms with Crippen LogP contribution in [0.5, 0.6) is 0 Å². The van der Waals surface area contributed by atoms with E-state index in [1.165, 1.54) is 0 Å². The first-order chi connectivity index (χ1) is 12.9. The third kappa shape index (κ3) is 2.74. The Hall–Kier alpha value is -3.13. The van der Waals surface area contributed by atoms with Gasteiger partial charge in [0.15, 0.2) is 11.5 Å². The number of nitrogens with one attached hydrogen (secondary N) is 1. The molecule has 0 aliphatic carbocycles. The number of nitrogens with zero attached hydrogens (tertiary/aromatic N) is 7. The van der Waals surface area contributed by atoms with Crippen molar-refractivity contribution in [3.8, 4) is 11.4 Å². The second-order valence-electron chi connectivity index (χ2n) is 6.42. The van der Waals surface area contributed by atoms with Gasteiger partial charge in [-0.2, -0.15) is 10.2 Å². The molecular formula is C18H18N8. The molecule has 0 spiro atoms. The Labute approximate surface area is 149 Å². The van der Waals surface area contributed by atoms with Crippen LogP contribution in [-0.4, -0.2) is 52.9 Å². The van der Waals surface area contributed by atoms with Gasteiger partial charge < -0.3 is 0 Å². The molecule has 4 aromatic rings. The minimum absolute atomic E-state index is 0.757. The molecule has 8 heteroatoms. The fourth-order valence-corrected chi connectivity index (χ4v) is 3.37. The summed E-state index contributed by atoms with van der Waals surface area (Å²) in [6.45, 7) is 3.50. The van der Waals surface area contributed by atoms with Crippen LogP contribution in [0, 0.1) is 0 Å². The lowest BCUT2D eigenvalue weighted by atomic mass is 10.2. The summed E-state index contributed by atoms with van der Waals surface area (Å²) in [7, 11) is 0. The maximum absolute atomic E-state index is 4.72. The maximum Gasteiger partial charge on any atom is 0.182 e. The summed E-state index contributed by atoms with van der Waals surface area (Å²) in [6.07, 6.45) is 6.21. The van der Waals surface area contributed by atoms with Crippen molar-refractivity contribution in [2.24, 2.45) is 0 Å². The molecule has 0 saturated carbocycles. The highest BCUT2D eigenvalue weighted by Gasteiger charge is 2.19. The van der Waals surface area contributed by atoms with Crippen LogP contribution >= 0.6 is 0 Å². The SMILES string of the molecule is c1cncc(-c2nc3n(n2)CCN(Cc2[nH]nc4ncccc24)CC3)c1. The Morgan fingerprint density at radius 2 is 2.04 bits per heavy atom. The first-order valence-corrected chi connectivity index (χ1v) is 8.71. The van der Waals surface area contributed by atoms with Crippen LogP contribution in [0.3, 0.4) is 0 Å². The van der Waals surface area contributed by atoms with Crippen LogP contribution in [0.1, 0.15) is 11.5 Å². The van der Waals surface area contributed by atoms with Crippen LogP contribution < -0.4 is 0 Å². The lowest BCUT2D eigenvalue weighted by Gasteiger charge is -2.18. The van der Waals surface area contributed by atoms with Crippen molar-refractivity contribution in [1.82, 2.24) is 39.8 Å². The average Bonchev–Trinajstić information content (AvgIpc) is 3.24. The molecule has 0 aromatic carbocycles. The van der Waals surface area contributed by atoms with Gasteiger partial charge in [-0.15, -0.1) is 0 Å². The van der Waals surface area contributed by atoms with Gasteiger partial charge in [-0.1, -0.05) is 0 Å². The number of H-pyrrole nitrogens is 1. The maximum atomic E-state index is 4.72. The largest absolute Gasteiger partial charge is 0.295 e. The monoisotopic (exact) mass is 346 g/mol. The van der Waals surface area contributed by atoms with Gasteiger partial charge in [-0.05, 0) is 24.3 Å². The molecule has 0 saturated heterocycles. The van der Waals surface area contributed by atoms with Gasteiger partial charge in [0.05, 0.1) is 12.2 Å². The van der Waals surface area contributed by atoms with Crippen LogP contribution in [0.15, 0.2) is 42.9 Å². The summed E-state index contributed by atoms with van der Waals surface area (Å²) in [5.74, 6) is 1.79. The highest BCUT2D eigenvalue weighted by molar-refractivity contribution is 5.77. The van der Waals surface area contributed by atoms with Gasteiger partial charge in [0.2, 0.25) is 0 Å². The number of hydrogen-bond acceptors (Lipinski definition) is 6. The number of hydrogen-bond donors (Lipinski definition) is 1. The van der Waals surface area contributed by atoms with E-state index in [0.29, 0.717) is 0 Å². The Balaban J connectivity index is 1.32. The molecule has 5 rings (SSSR count). The van der Waals surface area contributed by atoms with Crippen molar-refractivity contribution in [2.75, 3.05) is 13.1 Å². The fraction of sp³-hybridized carbons (Fsp3) is 0.278. The van der Waals surface area contributed by atoms with Gasteiger partial charge in [-0.25, -0.2) is 14.6 Å². The van der Waals surface area contributed by atoms with E-state index in [9.17, 15) is 0 Å². The van der Waals surface area contributed by atoms with Gasteiger partial charge in [0.1, 0.15) is 5.82 Å². The molecule has 0 unspecified atom stereocenters. The summed E-state index contributed by atoms with van der Waals surface area (Å²) in [4.78, 5) is 15.6. The van der Waals surface area contributed by atoms with E-state index in [-0.39, 0.29) is 0 Å². The summed E-state index contributed by atoms with van der Waals surface area (Å²) in [6, 6.07) is 7.91. The second kappa shape index (κ2) is 6.30. The van der Waals surface area contributed by atoms with Gasteiger partial charge in [0.25, 0.3) is 0 Å². The number of aromatic amines is 1. The molecule has 8 nitrogen and oxygen atoms in total. The first-order valence-electron chi connectivity index (χ1n) is 8.71. The Bertz CT molecular complexity index is 1010. The number of pyridine rings is 2. The van der Waals surface area contributed by atoms with E-state index in [1.54, 1.807) is 18.6 Å². The van der Waals surface area contributed by atoms with E-state index in [1.807, 2.05) is 22.9 Å². The summed E-state index contributed by atoms with van der Waals surface area (Å²) < 4.78 is 2.02. The standard InChI is InChI=1S/C18H18N8/c1-3-13(11-19-6-1)17-21-16-5-8-25(9-10-26(16)24-17)12-15-14-4-2-7-20-18(14)23-22-15/h1-4,6-7,11H,5,8-10,12H2,(H,20,22,23). The van der Waals surface area contributed by atoms with E-state index >= 15 is 0 Å². The van der Waals surface area contributed by atoms with Crippen molar-refractivity contribution in [3.63, 3.8) is 0 Å². The van der Waals surface area contributed by atoms with Crippen molar-refractivity contribution < 1.29 is 0 Å². The molecule has 0 amide bonds. The second-order valence-corrected chi connectivity index (χ2v) is 6.42. The summed E-state index contributed by atoms with van der Waals surface area (Å²) in [5, 5.41) is 13.2. The zero-order chi connectivity index (χ0) is 17.3. The van der Waals surface area contributed by atoms with E-state index < -0.39 is 0 Å². The molecule has 130 valence electrons. The molecule has 0 bridgehead atoms. The zero-order valence-corrected chi connectivity index (χ0v) is 14.2. The number of fused-ring (bicyclic) bond motifs is 2. The van der Waals surface area contributed by atoms with E-state index in [2.05, 4.69) is 36.2 Å². The molecule has 0 atom stereocenters. The Kier molecular flexibility index (Phi) is 3.67. The topological polar surface area (TPSA) is 88.4 Å². The minimum atomic E-state index is 0.757. The molecule has 26 heavy (non-hydrogen) atoms. The van der Waals surface area contributed by atoms with Crippen molar-refractivity contribution >= 4 is 11.0 Å². The van der Waals surface area contributed by atoms with E-state index in [4.69, 9.17) is 4.98 Å². The fourth-order valence-electron chi connectivity index (χ4n) is 3.37. The summed E-state index contributed by atoms with van der Waals surface area (Å²) in [5.41, 5.74) is 2.84. The Morgan fingerprint density at radius 1 is 1.08 bits per heavy atom. The van der Waals surface area contributed by atoms with Crippen LogP contribution in [0.25, 0.3) is 22.4 Å². The molecule has 1 N–H and O–H groups in total. The summed E-state index contributed by atoms with van der Waals surface area (Å²) >= 11 is 0. The normalized spacial score (nSPS) is 15.1. The first kappa shape index (κ1) is 15.2. The van der Waals surface area contributed by atoms with Gasteiger partial charge >= 0.3 is 0 Å².